The number of para-hydroxylation sites is 1. The van der Waals surface area contributed by atoms with Gasteiger partial charge in [-0.15, -0.1) is 0 Å². The number of Topliss-reactive ketones (excluding diaryl/α,β-unsaturated/α-hetero) is 1. The van der Waals surface area contributed by atoms with Crippen molar-refractivity contribution in [3.8, 4) is 5.75 Å². The Bertz CT molecular complexity index is 437. The van der Waals surface area contributed by atoms with E-state index in [1.165, 1.54) is 19.1 Å². The molecule has 1 rings (SSSR count). The molecule has 0 fully saturated rings. The molecule has 0 aliphatic carbocycles. The molecule has 0 radical (unpaired) electrons. The van der Waals surface area contributed by atoms with Crippen LogP contribution in [0.1, 0.15) is 29.3 Å². The monoisotopic (exact) mass is 328 g/mol. The molecule has 1 aromatic rings. The largest absolute Gasteiger partial charge is 0.434 e. The number of carbonyl (C=O) groups excluding carboxylic acids is 1. The Labute approximate surface area is 109 Å². The van der Waals surface area contributed by atoms with Crippen LogP contribution < -0.4 is 4.74 Å². The number of benzene rings is 1. The molecule has 0 saturated heterocycles. The van der Waals surface area contributed by atoms with Gasteiger partial charge in [0.15, 0.2) is 0 Å². The van der Waals surface area contributed by atoms with Crippen LogP contribution in [0.2, 0.25) is 0 Å². The summed E-state index contributed by atoms with van der Waals surface area (Å²) in [6.45, 7) is -2.03. The van der Waals surface area contributed by atoms with Crippen LogP contribution in [-0.2, 0) is 4.79 Å². The first-order valence-corrected chi connectivity index (χ1v) is 5.76. The lowest BCUT2D eigenvalue weighted by Gasteiger charge is -2.17. The van der Waals surface area contributed by atoms with Crippen molar-refractivity contribution in [1.29, 1.82) is 0 Å². The van der Waals surface area contributed by atoms with Crippen molar-refractivity contribution in [1.82, 2.24) is 0 Å². The summed E-state index contributed by atoms with van der Waals surface area (Å²) in [7, 11) is 0. The van der Waals surface area contributed by atoms with E-state index in [0.717, 1.165) is 6.07 Å². The normalized spacial score (nSPS) is 12.9. The lowest BCUT2D eigenvalue weighted by Crippen LogP contribution is -2.10. The van der Waals surface area contributed by atoms with E-state index in [0.29, 0.717) is 0 Å². The first-order valence-electron chi connectivity index (χ1n) is 4.85. The zero-order valence-corrected chi connectivity index (χ0v) is 10.8. The van der Waals surface area contributed by atoms with Crippen molar-refractivity contribution in [3.63, 3.8) is 0 Å². The van der Waals surface area contributed by atoms with Gasteiger partial charge in [-0.3, -0.25) is 4.79 Å². The topological polar surface area (TPSA) is 26.3 Å². The molecule has 2 nitrogen and oxygen atoms in total. The third kappa shape index (κ3) is 3.44. The maximum Gasteiger partial charge on any atom is 0.387 e. The summed E-state index contributed by atoms with van der Waals surface area (Å²) in [5, 5.41) is 0. The van der Waals surface area contributed by atoms with Gasteiger partial charge in [0.1, 0.15) is 16.4 Å². The van der Waals surface area contributed by atoms with Gasteiger partial charge in [0, 0.05) is 5.56 Å². The van der Waals surface area contributed by atoms with Crippen LogP contribution in [0.15, 0.2) is 18.2 Å². The van der Waals surface area contributed by atoms with E-state index in [4.69, 9.17) is 0 Å². The van der Waals surface area contributed by atoms with Crippen molar-refractivity contribution in [2.75, 3.05) is 0 Å². The van der Waals surface area contributed by atoms with E-state index >= 15 is 0 Å². The van der Waals surface area contributed by atoms with Gasteiger partial charge in [-0.05, 0) is 13.0 Å². The van der Waals surface area contributed by atoms with Crippen LogP contribution in [0.5, 0.6) is 5.75 Å². The summed E-state index contributed by atoms with van der Waals surface area (Å²) in [5.74, 6) is -1.06. The zero-order chi connectivity index (χ0) is 13.9. The van der Waals surface area contributed by atoms with Gasteiger partial charge in [0.2, 0.25) is 0 Å². The van der Waals surface area contributed by atoms with E-state index in [2.05, 4.69) is 20.7 Å². The average Bonchev–Trinajstić information content (AvgIpc) is 2.27. The summed E-state index contributed by atoms with van der Waals surface area (Å²) in [6.07, 6.45) is -2.97. The van der Waals surface area contributed by atoms with E-state index in [9.17, 15) is 22.4 Å². The fraction of sp³-hybridized carbons (Fsp3) is 0.364. The number of hydrogen-bond donors (Lipinski definition) is 0. The Morgan fingerprint density at radius 2 is 1.78 bits per heavy atom. The van der Waals surface area contributed by atoms with Gasteiger partial charge in [-0.25, -0.2) is 8.78 Å². The molecule has 100 valence electrons. The molecule has 7 heteroatoms. The molecular weight excluding hydrogens is 320 g/mol. The highest BCUT2D eigenvalue weighted by Gasteiger charge is 2.25. The van der Waals surface area contributed by atoms with Crippen molar-refractivity contribution in [3.05, 3.63) is 29.3 Å². The number of ketones is 1. The van der Waals surface area contributed by atoms with Crippen molar-refractivity contribution >= 4 is 21.7 Å². The van der Waals surface area contributed by atoms with Crippen molar-refractivity contribution in [2.24, 2.45) is 0 Å². The first kappa shape index (κ1) is 14.9. The van der Waals surface area contributed by atoms with E-state index in [-0.39, 0.29) is 5.56 Å². The highest BCUT2D eigenvalue weighted by Crippen LogP contribution is 2.39. The molecule has 0 aliphatic rings. The smallest absolute Gasteiger partial charge is 0.387 e. The quantitative estimate of drug-likeness (QED) is 0.596. The van der Waals surface area contributed by atoms with Crippen LogP contribution >= 0.6 is 15.9 Å². The van der Waals surface area contributed by atoms with Gasteiger partial charge < -0.3 is 4.74 Å². The minimum absolute atomic E-state index is 0.0411. The van der Waals surface area contributed by atoms with Gasteiger partial charge in [0.05, 0.1) is 5.56 Å². The Hall–Kier alpha value is -1.11. The fourth-order valence-electron chi connectivity index (χ4n) is 1.39. The second kappa shape index (κ2) is 6.17. The summed E-state index contributed by atoms with van der Waals surface area (Å²) in [4.78, 5) is 10.2. The molecule has 0 heterocycles. The Balaban J connectivity index is 3.32. The molecule has 1 unspecified atom stereocenters. The number of ether oxygens (including phenoxy) is 1. The zero-order valence-electron chi connectivity index (χ0n) is 9.17. The second-order valence-electron chi connectivity index (χ2n) is 3.42. The molecule has 1 aromatic carbocycles. The molecule has 0 aromatic heterocycles. The van der Waals surface area contributed by atoms with Gasteiger partial charge in [-0.1, -0.05) is 28.1 Å². The third-order valence-electron chi connectivity index (χ3n) is 2.15. The maximum absolute atomic E-state index is 12.7. The standard InChI is InChI=1S/C11H9BrF4O2/c1-5(17)8(12)6-3-2-4-7(10(13)14)9(6)18-11(15)16/h2-4,8,10-11H,1H3. The van der Waals surface area contributed by atoms with Gasteiger partial charge in [0.25, 0.3) is 6.43 Å². The fourth-order valence-corrected chi connectivity index (χ4v) is 1.75. The van der Waals surface area contributed by atoms with E-state index < -0.39 is 35.0 Å². The summed E-state index contributed by atoms with van der Waals surface area (Å²) in [6, 6.07) is 3.52. The third-order valence-corrected chi connectivity index (χ3v) is 3.29. The Morgan fingerprint density at radius 1 is 1.22 bits per heavy atom. The molecule has 0 N–H and O–H groups in total. The van der Waals surface area contributed by atoms with Crippen LogP contribution in [0.25, 0.3) is 0 Å². The van der Waals surface area contributed by atoms with Crippen LogP contribution in [0.4, 0.5) is 17.6 Å². The highest BCUT2D eigenvalue weighted by atomic mass is 79.9. The van der Waals surface area contributed by atoms with Gasteiger partial charge >= 0.3 is 6.61 Å². The summed E-state index contributed by atoms with van der Waals surface area (Å²) >= 11 is 2.96. The Morgan fingerprint density at radius 3 is 2.22 bits per heavy atom. The number of hydrogen-bond acceptors (Lipinski definition) is 2. The SMILES string of the molecule is CC(=O)C(Br)c1cccc(C(F)F)c1OC(F)F. The number of alkyl halides is 5. The second-order valence-corrected chi connectivity index (χ2v) is 4.33. The predicted molar refractivity (Wildman–Crippen MR) is 60.4 cm³/mol. The van der Waals surface area contributed by atoms with Crippen molar-refractivity contribution in [2.45, 2.75) is 24.8 Å². The van der Waals surface area contributed by atoms with Crippen LogP contribution in [-0.4, -0.2) is 12.4 Å². The van der Waals surface area contributed by atoms with Crippen LogP contribution in [0, 0.1) is 0 Å². The lowest BCUT2D eigenvalue weighted by molar-refractivity contribution is -0.116. The van der Waals surface area contributed by atoms with E-state index in [1.54, 1.807) is 0 Å². The van der Waals surface area contributed by atoms with Crippen LogP contribution in [0.3, 0.4) is 0 Å². The lowest BCUT2D eigenvalue weighted by atomic mass is 10.0. The molecule has 0 aliphatic heterocycles. The highest BCUT2D eigenvalue weighted by molar-refractivity contribution is 9.09. The van der Waals surface area contributed by atoms with E-state index in [1.807, 2.05) is 0 Å². The molecule has 18 heavy (non-hydrogen) atoms. The molecule has 0 spiro atoms. The average molecular weight is 329 g/mol. The van der Waals surface area contributed by atoms with Gasteiger partial charge in [-0.2, -0.15) is 8.78 Å². The summed E-state index contributed by atoms with van der Waals surface area (Å²) < 4.78 is 54.0. The minimum atomic E-state index is -3.24. The minimum Gasteiger partial charge on any atom is -0.434 e. The number of halogens is 5. The first-order chi connectivity index (χ1) is 8.34. The molecule has 0 amide bonds. The predicted octanol–water partition coefficient (Wildman–Crippen LogP) is 4.25. The maximum atomic E-state index is 12.7. The number of rotatable bonds is 5. The molecule has 0 saturated carbocycles. The Kier molecular flexibility index (Phi) is 5.13. The molecule has 1 atom stereocenters. The molecular formula is C11H9BrF4O2. The number of carbonyl (C=O) groups is 1. The molecule has 0 bridgehead atoms. The van der Waals surface area contributed by atoms with Crippen molar-refractivity contribution < 1.29 is 27.1 Å². The summed E-state index contributed by atoms with van der Waals surface area (Å²) in [5.41, 5.74) is -0.709.